The lowest BCUT2D eigenvalue weighted by molar-refractivity contribution is -0.143. The molecule has 2 rings (SSSR count). The van der Waals surface area contributed by atoms with Crippen LogP contribution in [0, 0.1) is 0 Å². The minimum Gasteiger partial charge on any atom is -0.468 e. The van der Waals surface area contributed by atoms with E-state index in [1.54, 1.807) is 13.1 Å². The van der Waals surface area contributed by atoms with Crippen molar-refractivity contribution >= 4 is 21.9 Å². The zero-order valence-corrected chi connectivity index (χ0v) is 11.0. The zero-order valence-electron chi connectivity index (χ0n) is 9.45. The highest BCUT2D eigenvalue weighted by molar-refractivity contribution is 9.10. The quantitative estimate of drug-likeness (QED) is 0.860. The summed E-state index contributed by atoms with van der Waals surface area (Å²) in [5.41, 5.74) is 0.760. The van der Waals surface area contributed by atoms with Crippen molar-refractivity contribution in [2.45, 2.75) is 6.04 Å². The Kier molecular flexibility index (Phi) is 3.54. The number of rotatable bonds is 3. The molecule has 0 aromatic heterocycles. The highest BCUT2D eigenvalue weighted by Gasteiger charge is 2.24. The molecule has 0 saturated carbocycles. The number of ether oxygens (including phenoxy) is 3. The van der Waals surface area contributed by atoms with E-state index in [0.29, 0.717) is 11.5 Å². The van der Waals surface area contributed by atoms with Gasteiger partial charge in [-0.05, 0) is 40.7 Å². The number of halogens is 1. The Balaban J connectivity index is 2.39. The Morgan fingerprint density at radius 3 is 2.94 bits per heavy atom. The predicted molar refractivity (Wildman–Crippen MR) is 64.1 cm³/mol. The standard InChI is InChI=1S/C11H12BrNO4/c1-13-9(11(14)15-2)6-3-7(12)10-8(4-6)16-5-17-10/h3-4,9,13H,5H2,1-2H3. The number of likely N-dealkylation sites (N-methyl/N-ethyl adjacent to an activating group) is 1. The van der Waals surface area contributed by atoms with Crippen molar-refractivity contribution in [2.24, 2.45) is 0 Å². The molecule has 1 atom stereocenters. The lowest BCUT2D eigenvalue weighted by Crippen LogP contribution is -2.26. The van der Waals surface area contributed by atoms with Crippen molar-refractivity contribution in [3.8, 4) is 11.5 Å². The maximum Gasteiger partial charge on any atom is 0.327 e. The first-order chi connectivity index (χ1) is 8.17. The van der Waals surface area contributed by atoms with Crippen LogP contribution in [-0.4, -0.2) is 26.9 Å². The van der Waals surface area contributed by atoms with Crippen LogP contribution in [0.3, 0.4) is 0 Å². The smallest absolute Gasteiger partial charge is 0.327 e. The largest absolute Gasteiger partial charge is 0.468 e. The van der Waals surface area contributed by atoms with E-state index < -0.39 is 6.04 Å². The van der Waals surface area contributed by atoms with Gasteiger partial charge in [-0.3, -0.25) is 0 Å². The van der Waals surface area contributed by atoms with Crippen molar-refractivity contribution in [1.82, 2.24) is 5.32 Å². The SMILES string of the molecule is CNC(C(=O)OC)c1cc(Br)c2c(c1)OCO2. The molecule has 0 fully saturated rings. The van der Waals surface area contributed by atoms with Gasteiger partial charge in [0.25, 0.3) is 0 Å². The molecule has 1 heterocycles. The lowest BCUT2D eigenvalue weighted by atomic mass is 10.1. The van der Waals surface area contributed by atoms with E-state index in [4.69, 9.17) is 14.2 Å². The Bertz CT molecular complexity index is 449. The molecule has 17 heavy (non-hydrogen) atoms. The van der Waals surface area contributed by atoms with Gasteiger partial charge in [0.1, 0.15) is 6.04 Å². The van der Waals surface area contributed by atoms with Gasteiger partial charge in [-0.2, -0.15) is 0 Å². The number of carbonyl (C=O) groups is 1. The second kappa shape index (κ2) is 4.93. The molecule has 1 unspecified atom stereocenters. The Hall–Kier alpha value is -1.27. The molecular weight excluding hydrogens is 290 g/mol. The van der Waals surface area contributed by atoms with Crippen LogP contribution in [-0.2, 0) is 9.53 Å². The van der Waals surface area contributed by atoms with Crippen LogP contribution in [0.2, 0.25) is 0 Å². The molecule has 0 spiro atoms. The van der Waals surface area contributed by atoms with E-state index in [1.807, 2.05) is 6.07 Å². The molecule has 0 saturated heterocycles. The van der Waals surface area contributed by atoms with Gasteiger partial charge in [0, 0.05) is 0 Å². The number of hydrogen-bond donors (Lipinski definition) is 1. The van der Waals surface area contributed by atoms with Gasteiger partial charge in [-0.1, -0.05) is 0 Å². The number of fused-ring (bicyclic) bond motifs is 1. The second-order valence-corrected chi connectivity index (χ2v) is 4.34. The summed E-state index contributed by atoms with van der Waals surface area (Å²) in [6, 6.07) is 3.06. The summed E-state index contributed by atoms with van der Waals surface area (Å²) in [4.78, 5) is 11.6. The molecule has 0 amide bonds. The Labute approximate surface area is 107 Å². The minimum atomic E-state index is -0.522. The molecule has 6 heteroatoms. The van der Waals surface area contributed by atoms with Gasteiger partial charge in [0.2, 0.25) is 6.79 Å². The van der Waals surface area contributed by atoms with E-state index in [0.717, 1.165) is 10.0 Å². The summed E-state index contributed by atoms with van der Waals surface area (Å²) in [7, 11) is 3.05. The van der Waals surface area contributed by atoms with E-state index >= 15 is 0 Å². The van der Waals surface area contributed by atoms with Crippen molar-refractivity contribution in [3.63, 3.8) is 0 Å². The Morgan fingerprint density at radius 2 is 2.29 bits per heavy atom. The van der Waals surface area contributed by atoms with Gasteiger partial charge in [0.05, 0.1) is 11.6 Å². The lowest BCUT2D eigenvalue weighted by Gasteiger charge is -2.15. The first-order valence-corrected chi connectivity index (χ1v) is 5.80. The van der Waals surface area contributed by atoms with E-state index in [-0.39, 0.29) is 12.8 Å². The van der Waals surface area contributed by atoms with Crippen LogP contribution in [0.1, 0.15) is 11.6 Å². The summed E-state index contributed by atoms with van der Waals surface area (Å²) < 4.78 is 16.1. The van der Waals surface area contributed by atoms with E-state index in [1.165, 1.54) is 7.11 Å². The number of carbonyl (C=O) groups excluding carboxylic acids is 1. The van der Waals surface area contributed by atoms with Crippen LogP contribution in [0.4, 0.5) is 0 Å². The number of benzene rings is 1. The summed E-state index contributed by atoms with van der Waals surface area (Å²) in [6.07, 6.45) is 0. The third-order valence-electron chi connectivity index (χ3n) is 2.51. The molecule has 0 aliphatic carbocycles. The molecule has 0 bridgehead atoms. The van der Waals surface area contributed by atoms with Crippen LogP contribution in [0.15, 0.2) is 16.6 Å². The minimum absolute atomic E-state index is 0.194. The number of hydrogen-bond acceptors (Lipinski definition) is 5. The fourth-order valence-electron chi connectivity index (χ4n) is 1.69. The molecule has 1 aromatic rings. The van der Waals surface area contributed by atoms with E-state index in [9.17, 15) is 4.79 Å². The first kappa shape index (κ1) is 12.2. The molecule has 0 radical (unpaired) electrons. The molecule has 92 valence electrons. The number of nitrogens with one attached hydrogen (secondary N) is 1. The maximum atomic E-state index is 11.6. The van der Waals surface area contributed by atoms with Gasteiger partial charge in [0.15, 0.2) is 11.5 Å². The average molecular weight is 302 g/mol. The van der Waals surface area contributed by atoms with Gasteiger partial charge >= 0.3 is 5.97 Å². The summed E-state index contributed by atoms with van der Waals surface area (Å²) in [5, 5.41) is 2.90. The van der Waals surface area contributed by atoms with Crippen LogP contribution in [0.25, 0.3) is 0 Å². The molecule has 1 aromatic carbocycles. The molecule has 1 aliphatic heterocycles. The van der Waals surface area contributed by atoms with Crippen molar-refractivity contribution in [2.75, 3.05) is 21.0 Å². The van der Waals surface area contributed by atoms with Gasteiger partial charge in [-0.15, -0.1) is 0 Å². The van der Waals surface area contributed by atoms with Crippen molar-refractivity contribution in [3.05, 3.63) is 22.2 Å². The maximum absolute atomic E-state index is 11.6. The third-order valence-corrected chi connectivity index (χ3v) is 3.10. The molecule has 1 N–H and O–H groups in total. The summed E-state index contributed by atoms with van der Waals surface area (Å²) >= 11 is 3.38. The number of methoxy groups -OCH3 is 1. The fraction of sp³-hybridized carbons (Fsp3) is 0.364. The van der Waals surface area contributed by atoms with Gasteiger partial charge in [-0.25, -0.2) is 4.79 Å². The second-order valence-electron chi connectivity index (χ2n) is 3.48. The summed E-state index contributed by atoms with van der Waals surface area (Å²) in [5.74, 6) is 0.935. The summed E-state index contributed by atoms with van der Waals surface area (Å²) in [6.45, 7) is 0.194. The number of esters is 1. The monoisotopic (exact) mass is 301 g/mol. The highest BCUT2D eigenvalue weighted by atomic mass is 79.9. The molecule has 1 aliphatic rings. The Morgan fingerprint density at radius 1 is 1.53 bits per heavy atom. The first-order valence-electron chi connectivity index (χ1n) is 5.01. The van der Waals surface area contributed by atoms with Crippen molar-refractivity contribution < 1.29 is 19.0 Å². The predicted octanol–water partition coefficient (Wildman–Crippen LogP) is 1.61. The van der Waals surface area contributed by atoms with E-state index in [2.05, 4.69) is 21.2 Å². The van der Waals surface area contributed by atoms with Crippen molar-refractivity contribution in [1.29, 1.82) is 0 Å². The highest BCUT2D eigenvalue weighted by Crippen LogP contribution is 2.41. The van der Waals surface area contributed by atoms with Crippen LogP contribution < -0.4 is 14.8 Å². The third kappa shape index (κ3) is 2.23. The van der Waals surface area contributed by atoms with Gasteiger partial charge < -0.3 is 19.5 Å². The van der Waals surface area contributed by atoms with Crippen LogP contribution >= 0.6 is 15.9 Å². The molecule has 5 nitrogen and oxygen atoms in total. The molecular formula is C11H12BrNO4. The average Bonchev–Trinajstić information content (AvgIpc) is 2.78. The fourth-order valence-corrected chi connectivity index (χ4v) is 2.27. The normalized spacial score (nSPS) is 14.5. The zero-order chi connectivity index (χ0) is 12.4. The van der Waals surface area contributed by atoms with Crippen LogP contribution in [0.5, 0.6) is 11.5 Å². The topological polar surface area (TPSA) is 56.8 Å².